The molecule has 0 radical (unpaired) electrons. The van der Waals surface area contributed by atoms with Crippen LogP contribution in [0.4, 0.5) is 0 Å². The minimum Gasteiger partial charge on any atom is -0.481 e. The molecule has 0 amide bonds. The lowest BCUT2D eigenvalue weighted by Gasteiger charge is -2.18. The normalized spacial score (nSPS) is 11.7. The van der Waals surface area contributed by atoms with E-state index >= 15 is 0 Å². The molecule has 0 aliphatic rings. The van der Waals surface area contributed by atoms with Gasteiger partial charge in [-0.15, -0.1) is 0 Å². The smallest absolute Gasteiger partial charge is 0.307 e. The molecule has 0 aromatic heterocycles. The zero-order valence-corrected chi connectivity index (χ0v) is 11.3. The quantitative estimate of drug-likeness (QED) is 0.847. The van der Waals surface area contributed by atoms with E-state index in [1.165, 1.54) is 28.6 Å². The summed E-state index contributed by atoms with van der Waals surface area (Å²) in [5.74, 6) is -0.936. The molecule has 0 aliphatic heterocycles. The maximum Gasteiger partial charge on any atom is 0.307 e. The summed E-state index contributed by atoms with van der Waals surface area (Å²) >= 11 is 0. The Morgan fingerprint density at radius 2 is 1.67 bits per heavy atom. The summed E-state index contributed by atoms with van der Waals surface area (Å²) < 4.78 is 25.6. The van der Waals surface area contributed by atoms with Crippen LogP contribution in [0.2, 0.25) is 0 Å². The van der Waals surface area contributed by atoms with Crippen molar-refractivity contribution in [2.24, 2.45) is 0 Å². The van der Waals surface area contributed by atoms with Gasteiger partial charge in [-0.05, 0) is 17.7 Å². The lowest BCUT2D eigenvalue weighted by Crippen LogP contribution is -2.30. The van der Waals surface area contributed by atoms with E-state index in [-0.39, 0.29) is 11.3 Å². The van der Waals surface area contributed by atoms with Crippen LogP contribution in [0.15, 0.2) is 29.2 Å². The van der Waals surface area contributed by atoms with Crippen LogP contribution in [0.25, 0.3) is 0 Å². The average molecular weight is 271 g/mol. The minimum absolute atomic E-state index is 0.106. The number of benzene rings is 1. The summed E-state index contributed by atoms with van der Waals surface area (Å²) in [5, 5.41) is 8.63. The lowest BCUT2D eigenvalue weighted by atomic mass is 10.2. The van der Waals surface area contributed by atoms with Crippen LogP contribution in [0.5, 0.6) is 0 Å². The predicted molar refractivity (Wildman–Crippen MR) is 67.9 cm³/mol. The summed E-state index contributed by atoms with van der Waals surface area (Å²) in [6, 6.07) is 5.97. The van der Waals surface area contributed by atoms with E-state index in [0.29, 0.717) is 18.7 Å². The Hall–Kier alpha value is -1.40. The van der Waals surface area contributed by atoms with Crippen molar-refractivity contribution in [3.8, 4) is 0 Å². The van der Waals surface area contributed by atoms with Gasteiger partial charge in [-0.3, -0.25) is 4.79 Å². The summed E-state index contributed by atoms with van der Waals surface area (Å²) in [5.41, 5.74) is 0.584. The number of hydrogen-bond acceptors (Lipinski definition) is 3. The number of sulfonamides is 1. The van der Waals surface area contributed by atoms with Crippen molar-refractivity contribution in [2.75, 3.05) is 13.1 Å². The van der Waals surface area contributed by atoms with E-state index < -0.39 is 16.0 Å². The lowest BCUT2D eigenvalue weighted by molar-refractivity contribution is -0.136. The highest BCUT2D eigenvalue weighted by Gasteiger charge is 2.21. The number of hydrogen-bond donors (Lipinski definition) is 1. The van der Waals surface area contributed by atoms with E-state index in [1.807, 2.05) is 0 Å². The largest absolute Gasteiger partial charge is 0.481 e. The highest BCUT2D eigenvalue weighted by atomic mass is 32.2. The molecular formula is C12H17NO4S. The molecule has 0 bridgehead atoms. The maximum absolute atomic E-state index is 12.1. The molecular weight excluding hydrogens is 254 g/mol. The van der Waals surface area contributed by atoms with E-state index in [1.54, 1.807) is 13.8 Å². The summed E-state index contributed by atoms with van der Waals surface area (Å²) in [7, 11) is -3.46. The fraction of sp³-hybridized carbons (Fsp3) is 0.417. The third-order valence-corrected chi connectivity index (χ3v) is 4.69. The van der Waals surface area contributed by atoms with Crippen LogP contribution < -0.4 is 0 Å². The topological polar surface area (TPSA) is 74.7 Å². The first-order chi connectivity index (χ1) is 8.41. The Morgan fingerprint density at radius 1 is 1.17 bits per heavy atom. The maximum atomic E-state index is 12.1. The summed E-state index contributed by atoms with van der Waals surface area (Å²) in [6.07, 6.45) is -0.106. The van der Waals surface area contributed by atoms with E-state index in [4.69, 9.17) is 5.11 Å². The van der Waals surface area contributed by atoms with Crippen LogP contribution in [-0.4, -0.2) is 36.9 Å². The summed E-state index contributed by atoms with van der Waals surface area (Å²) in [4.78, 5) is 10.7. The third-order valence-electron chi connectivity index (χ3n) is 2.62. The first kappa shape index (κ1) is 14.7. The van der Waals surface area contributed by atoms with Crippen molar-refractivity contribution in [3.63, 3.8) is 0 Å². The average Bonchev–Trinajstić information content (AvgIpc) is 2.30. The van der Waals surface area contributed by atoms with Gasteiger partial charge in [0.2, 0.25) is 10.0 Å². The second-order valence-corrected chi connectivity index (χ2v) is 5.74. The van der Waals surface area contributed by atoms with Crippen LogP contribution in [-0.2, 0) is 21.2 Å². The van der Waals surface area contributed by atoms with Crippen LogP contribution in [0.3, 0.4) is 0 Å². The number of carbonyl (C=O) groups is 1. The Labute approximate surface area is 107 Å². The van der Waals surface area contributed by atoms with Crippen molar-refractivity contribution >= 4 is 16.0 Å². The second-order valence-electron chi connectivity index (χ2n) is 3.80. The molecule has 100 valence electrons. The molecule has 0 spiro atoms. The van der Waals surface area contributed by atoms with Gasteiger partial charge in [0.25, 0.3) is 0 Å². The van der Waals surface area contributed by atoms with Gasteiger partial charge in [-0.2, -0.15) is 4.31 Å². The molecule has 0 fully saturated rings. The molecule has 5 nitrogen and oxygen atoms in total. The second kappa shape index (κ2) is 5.97. The van der Waals surface area contributed by atoms with Crippen LogP contribution >= 0.6 is 0 Å². The zero-order valence-electron chi connectivity index (χ0n) is 10.5. The predicted octanol–water partition coefficient (Wildman–Crippen LogP) is 1.34. The van der Waals surface area contributed by atoms with Crippen LogP contribution in [0, 0.1) is 0 Å². The molecule has 6 heteroatoms. The van der Waals surface area contributed by atoms with Crippen molar-refractivity contribution < 1.29 is 18.3 Å². The Morgan fingerprint density at radius 3 is 2.06 bits per heavy atom. The van der Waals surface area contributed by atoms with Crippen molar-refractivity contribution in [2.45, 2.75) is 25.2 Å². The van der Waals surface area contributed by atoms with Gasteiger partial charge < -0.3 is 5.11 Å². The monoisotopic (exact) mass is 271 g/mol. The molecule has 1 N–H and O–H groups in total. The fourth-order valence-electron chi connectivity index (χ4n) is 1.67. The van der Waals surface area contributed by atoms with Gasteiger partial charge >= 0.3 is 5.97 Å². The first-order valence-corrected chi connectivity index (χ1v) is 7.16. The van der Waals surface area contributed by atoms with Gasteiger partial charge in [-0.1, -0.05) is 26.0 Å². The fourth-order valence-corrected chi connectivity index (χ4v) is 3.12. The Bertz CT molecular complexity index is 503. The van der Waals surface area contributed by atoms with Crippen molar-refractivity contribution in [3.05, 3.63) is 29.8 Å². The SMILES string of the molecule is CCN(CC)S(=O)(=O)c1ccc(CC(=O)O)cc1. The highest BCUT2D eigenvalue weighted by molar-refractivity contribution is 7.89. The number of carboxylic acids is 1. The molecule has 0 saturated heterocycles. The Kier molecular flexibility index (Phi) is 4.86. The molecule has 18 heavy (non-hydrogen) atoms. The standard InChI is InChI=1S/C12H17NO4S/c1-3-13(4-2)18(16,17)11-7-5-10(6-8-11)9-12(14)15/h5-8H,3-4,9H2,1-2H3,(H,14,15). The molecule has 0 saturated carbocycles. The van der Waals surface area contributed by atoms with Gasteiger partial charge in [-0.25, -0.2) is 8.42 Å². The molecule has 0 atom stereocenters. The number of rotatable bonds is 6. The number of aliphatic carboxylic acids is 1. The molecule has 1 aromatic rings. The molecule has 1 aromatic carbocycles. The zero-order chi connectivity index (χ0) is 13.8. The van der Waals surface area contributed by atoms with Gasteiger partial charge in [0.15, 0.2) is 0 Å². The van der Waals surface area contributed by atoms with E-state index in [9.17, 15) is 13.2 Å². The first-order valence-electron chi connectivity index (χ1n) is 5.72. The molecule has 0 unspecified atom stereocenters. The number of carboxylic acid groups (broad SMARTS) is 1. The molecule has 1 rings (SSSR count). The van der Waals surface area contributed by atoms with Gasteiger partial charge in [0, 0.05) is 13.1 Å². The van der Waals surface area contributed by atoms with Crippen molar-refractivity contribution in [1.29, 1.82) is 0 Å². The van der Waals surface area contributed by atoms with E-state index in [0.717, 1.165) is 0 Å². The summed E-state index contributed by atoms with van der Waals surface area (Å²) in [6.45, 7) is 4.38. The number of nitrogens with zero attached hydrogens (tertiary/aromatic N) is 1. The highest BCUT2D eigenvalue weighted by Crippen LogP contribution is 2.16. The molecule has 0 heterocycles. The molecule has 0 aliphatic carbocycles. The van der Waals surface area contributed by atoms with Gasteiger partial charge in [0.05, 0.1) is 11.3 Å². The van der Waals surface area contributed by atoms with E-state index in [2.05, 4.69) is 0 Å². The van der Waals surface area contributed by atoms with Crippen LogP contribution in [0.1, 0.15) is 19.4 Å². The Balaban J connectivity index is 3.01. The van der Waals surface area contributed by atoms with Crippen molar-refractivity contribution in [1.82, 2.24) is 4.31 Å². The minimum atomic E-state index is -3.46. The third kappa shape index (κ3) is 3.30. The van der Waals surface area contributed by atoms with Gasteiger partial charge in [0.1, 0.15) is 0 Å².